The Labute approximate surface area is 145 Å². The Kier molecular flexibility index (Phi) is 3.85. The number of H-pyrrole nitrogens is 1. The summed E-state index contributed by atoms with van der Waals surface area (Å²) in [5.74, 6) is 1.13. The second-order valence-corrected chi connectivity index (χ2v) is 6.70. The van der Waals surface area contributed by atoms with E-state index < -0.39 is 5.41 Å². The van der Waals surface area contributed by atoms with E-state index in [0.29, 0.717) is 30.5 Å². The van der Waals surface area contributed by atoms with Gasteiger partial charge in [0.1, 0.15) is 16.7 Å². The number of carbonyl (C=O) groups excluding carboxylic acids is 1. The van der Waals surface area contributed by atoms with E-state index in [9.17, 15) is 4.79 Å². The van der Waals surface area contributed by atoms with Crippen molar-refractivity contribution in [3.8, 4) is 11.8 Å². The van der Waals surface area contributed by atoms with Gasteiger partial charge < -0.3 is 14.5 Å². The third kappa shape index (κ3) is 2.72. The number of aromatic nitrogens is 2. The lowest BCUT2D eigenvalue weighted by molar-refractivity contribution is -0.119. The number of methoxy groups -OCH3 is 1. The number of imidazole rings is 1. The van der Waals surface area contributed by atoms with Gasteiger partial charge in [-0.25, -0.2) is 4.98 Å². The van der Waals surface area contributed by atoms with Crippen molar-refractivity contribution in [1.82, 2.24) is 9.97 Å². The number of rotatable bonds is 4. The zero-order valence-electron chi connectivity index (χ0n) is 14.1. The molecule has 1 saturated carbocycles. The van der Waals surface area contributed by atoms with Gasteiger partial charge in [-0.2, -0.15) is 5.26 Å². The van der Waals surface area contributed by atoms with Crippen LogP contribution in [0.5, 0.6) is 5.75 Å². The number of ether oxygens (including phenoxy) is 2. The average molecular weight is 340 g/mol. The number of aromatic amines is 1. The zero-order chi connectivity index (χ0) is 17.4. The van der Waals surface area contributed by atoms with Gasteiger partial charge in [0.25, 0.3) is 0 Å². The lowest BCUT2D eigenvalue weighted by Gasteiger charge is -2.22. The Morgan fingerprint density at radius 2 is 2.20 bits per heavy atom. The molecule has 1 saturated heterocycles. The number of amides is 1. The van der Waals surface area contributed by atoms with Gasteiger partial charge in [0.05, 0.1) is 18.7 Å². The molecule has 0 unspecified atom stereocenters. The summed E-state index contributed by atoms with van der Waals surface area (Å²) in [6.07, 6.45) is 3.11. The number of benzene rings is 1. The van der Waals surface area contributed by atoms with Crippen LogP contribution in [-0.2, 0) is 9.53 Å². The Bertz CT molecular complexity index is 857. The maximum Gasteiger partial charge on any atom is 0.247 e. The second kappa shape index (κ2) is 6.05. The molecule has 1 aromatic carbocycles. The number of nitrogens with one attached hydrogen (secondary N) is 2. The molecule has 25 heavy (non-hydrogen) atoms. The highest BCUT2D eigenvalue weighted by atomic mass is 16.5. The molecule has 0 spiro atoms. The van der Waals surface area contributed by atoms with E-state index in [1.54, 1.807) is 7.11 Å². The van der Waals surface area contributed by atoms with Crippen molar-refractivity contribution in [2.45, 2.75) is 31.6 Å². The Morgan fingerprint density at radius 3 is 2.84 bits per heavy atom. The molecule has 7 heteroatoms. The van der Waals surface area contributed by atoms with Gasteiger partial charge in [0, 0.05) is 13.2 Å². The number of anilines is 1. The molecule has 2 N–H and O–H groups in total. The summed E-state index contributed by atoms with van der Waals surface area (Å²) in [5.41, 5.74) is 1.83. The van der Waals surface area contributed by atoms with Crippen LogP contribution < -0.4 is 10.1 Å². The van der Waals surface area contributed by atoms with Gasteiger partial charge in [0.2, 0.25) is 11.9 Å². The van der Waals surface area contributed by atoms with Crippen LogP contribution in [0.2, 0.25) is 0 Å². The van der Waals surface area contributed by atoms with Gasteiger partial charge in [-0.3, -0.25) is 10.1 Å². The van der Waals surface area contributed by atoms with Crippen LogP contribution in [0.1, 0.15) is 37.2 Å². The molecule has 4 rings (SSSR count). The molecule has 1 amide bonds. The lowest BCUT2D eigenvalue weighted by Crippen LogP contribution is -2.23. The highest BCUT2D eigenvalue weighted by molar-refractivity contribution is 5.99. The summed E-state index contributed by atoms with van der Waals surface area (Å²) in [4.78, 5) is 20.0. The summed E-state index contributed by atoms with van der Waals surface area (Å²) in [5, 5.41) is 11.9. The van der Waals surface area contributed by atoms with Crippen LogP contribution in [0.3, 0.4) is 0 Å². The van der Waals surface area contributed by atoms with E-state index in [-0.39, 0.29) is 5.91 Å². The number of hydrogen-bond acceptors (Lipinski definition) is 5. The number of fused-ring (bicyclic) bond motifs is 1. The standard InChI is InChI=1S/C18H20N4O3/c1-24-13-3-2-12(11-4-8-25-9-5-11)14-15(13)21-17(20-14)22-16(23)18(10-19)6-7-18/h2-3,11H,4-9H2,1H3,(H2,20,21,22,23). The predicted octanol–water partition coefficient (Wildman–Crippen LogP) is 2.71. The number of nitrogens with zero attached hydrogens (tertiary/aromatic N) is 2. The number of nitriles is 1. The first kappa shape index (κ1) is 15.9. The fraction of sp³-hybridized carbons (Fsp3) is 0.500. The third-order valence-electron chi connectivity index (χ3n) is 5.15. The highest BCUT2D eigenvalue weighted by Gasteiger charge is 2.51. The van der Waals surface area contributed by atoms with Crippen LogP contribution in [0, 0.1) is 16.7 Å². The van der Waals surface area contributed by atoms with Gasteiger partial charge in [-0.15, -0.1) is 0 Å². The molecule has 7 nitrogen and oxygen atoms in total. The summed E-state index contributed by atoms with van der Waals surface area (Å²) in [7, 11) is 1.61. The predicted molar refractivity (Wildman–Crippen MR) is 91.3 cm³/mol. The first-order chi connectivity index (χ1) is 12.2. The minimum atomic E-state index is -0.882. The molecule has 130 valence electrons. The van der Waals surface area contributed by atoms with Gasteiger partial charge in [0.15, 0.2) is 0 Å². The summed E-state index contributed by atoms with van der Waals surface area (Å²) in [6, 6.07) is 6.07. The molecule has 1 aliphatic carbocycles. The Balaban J connectivity index is 1.70. The normalized spacial score (nSPS) is 19.4. The van der Waals surface area contributed by atoms with E-state index >= 15 is 0 Å². The van der Waals surface area contributed by atoms with Crippen molar-refractivity contribution in [3.05, 3.63) is 17.7 Å². The van der Waals surface area contributed by atoms with Crippen molar-refractivity contribution >= 4 is 22.9 Å². The molecule has 1 aliphatic heterocycles. The first-order valence-corrected chi connectivity index (χ1v) is 8.54. The van der Waals surface area contributed by atoms with E-state index in [2.05, 4.69) is 21.4 Å². The molecule has 0 radical (unpaired) electrons. The van der Waals surface area contributed by atoms with Gasteiger partial charge in [-0.05, 0) is 43.2 Å². The Hall–Kier alpha value is -2.59. The highest BCUT2D eigenvalue weighted by Crippen LogP contribution is 2.45. The van der Waals surface area contributed by atoms with Crippen molar-refractivity contribution in [2.75, 3.05) is 25.6 Å². The maximum absolute atomic E-state index is 12.3. The lowest BCUT2D eigenvalue weighted by atomic mass is 9.90. The number of carbonyl (C=O) groups is 1. The average Bonchev–Trinajstić information content (AvgIpc) is 3.35. The van der Waals surface area contributed by atoms with Crippen molar-refractivity contribution in [2.24, 2.45) is 5.41 Å². The van der Waals surface area contributed by atoms with E-state index in [4.69, 9.17) is 14.7 Å². The molecule has 1 aromatic heterocycles. The SMILES string of the molecule is COc1ccc(C2CCOCC2)c2nc(NC(=O)C3(C#N)CC3)[nH]c12. The molecule has 2 aliphatic rings. The Morgan fingerprint density at radius 1 is 1.44 bits per heavy atom. The van der Waals surface area contributed by atoms with Crippen LogP contribution in [-0.4, -0.2) is 36.2 Å². The number of hydrogen-bond donors (Lipinski definition) is 2. The van der Waals surface area contributed by atoms with Crippen molar-refractivity contribution in [1.29, 1.82) is 5.26 Å². The smallest absolute Gasteiger partial charge is 0.247 e. The fourth-order valence-electron chi connectivity index (χ4n) is 3.40. The summed E-state index contributed by atoms with van der Waals surface area (Å²) < 4.78 is 10.9. The molecule has 2 fully saturated rings. The second-order valence-electron chi connectivity index (χ2n) is 6.70. The monoisotopic (exact) mass is 340 g/mol. The van der Waals surface area contributed by atoms with Crippen molar-refractivity contribution in [3.63, 3.8) is 0 Å². The molecule has 0 atom stereocenters. The van der Waals surface area contributed by atoms with E-state index in [1.807, 2.05) is 12.1 Å². The third-order valence-corrected chi connectivity index (χ3v) is 5.15. The molecule has 2 heterocycles. The van der Waals surface area contributed by atoms with Crippen LogP contribution in [0.15, 0.2) is 12.1 Å². The molecule has 2 aromatic rings. The maximum atomic E-state index is 12.3. The summed E-state index contributed by atoms with van der Waals surface area (Å²) in [6.45, 7) is 1.49. The van der Waals surface area contributed by atoms with Crippen LogP contribution in [0.4, 0.5) is 5.95 Å². The summed E-state index contributed by atoms with van der Waals surface area (Å²) >= 11 is 0. The minimum Gasteiger partial charge on any atom is -0.494 e. The van der Waals surface area contributed by atoms with Gasteiger partial charge >= 0.3 is 0 Å². The quantitative estimate of drug-likeness (QED) is 0.891. The zero-order valence-corrected chi connectivity index (χ0v) is 14.1. The molecule has 0 bridgehead atoms. The fourth-order valence-corrected chi connectivity index (χ4v) is 3.40. The minimum absolute atomic E-state index is 0.291. The van der Waals surface area contributed by atoms with E-state index in [0.717, 1.165) is 42.7 Å². The van der Waals surface area contributed by atoms with Crippen molar-refractivity contribution < 1.29 is 14.3 Å². The van der Waals surface area contributed by atoms with E-state index in [1.165, 1.54) is 0 Å². The largest absolute Gasteiger partial charge is 0.494 e. The molecular formula is C18H20N4O3. The first-order valence-electron chi connectivity index (χ1n) is 8.54. The van der Waals surface area contributed by atoms with Crippen LogP contribution >= 0.6 is 0 Å². The van der Waals surface area contributed by atoms with Gasteiger partial charge in [-0.1, -0.05) is 6.07 Å². The van der Waals surface area contributed by atoms with Crippen LogP contribution in [0.25, 0.3) is 11.0 Å². The topological polar surface area (TPSA) is 100 Å². The molecular weight excluding hydrogens is 320 g/mol.